The van der Waals surface area contributed by atoms with E-state index < -0.39 is 10.0 Å². The van der Waals surface area contributed by atoms with Crippen LogP contribution in [0.5, 0.6) is 0 Å². The highest BCUT2D eigenvalue weighted by Gasteiger charge is 2.27. The van der Waals surface area contributed by atoms with Gasteiger partial charge in [-0.2, -0.15) is 4.31 Å². The summed E-state index contributed by atoms with van der Waals surface area (Å²) in [5.74, 6) is 1.27. The van der Waals surface area contributed by atoms with E-state index in [0.717, 1.165) is 0 Å². The van der Waals surface area contributed by atoms with Crippen LogP contribution in [0.1, 0.15) is 12.7 Å². The van der Waals surface area contributed by atoms with E-state index in [0.29, 0.717) is 61.7 Å². The Hall–Kier alpha value is -2.67. The first kappa shape index (κ1) is 23.5. The third-order valence-electron chi connectivity index (χ3n) is 5.02. The average Bonchev–Trinajstić information content (AvgIpc) is 3.49. The van der Waals surface area contributed by atoms with Crippen molar-refractivity contribution in [2.75, 3.05) is 38.6 Å². The van der Waals surface area contributed by atoms with Crippen LogP contribution in [0.2, 0.25) is 0 Å². The number of aromatic nitrogens is 3. The second-order valence-corrected chi connectivity index (χ2v) is 10.1. The normalized spacial score (nSPS) is 14.9. The Labute approximate surface area is 196 Å². The number of hydrogen-bond acceptors (Lipinski definition) is 8. The summed E-state index contributed by atoms with van der Waals surface area (Å²) in [6.45, 7) is 4.15. The summed E-state index contributed by atoms with van der Waals surface area (Å²) in [7, 11) is -3.66. The first-order valence-electron chi connectivity index (χ1n) is 10.5. The van der Waals surface area contributed by atoms with Crippen LogP contribution in [0.3, 0.4) is 0 Å². The van der Waals surface area contributed by atoms with Crippen molar-refractivity contribution in [3.05, 3.63) is 48.4 Å². The number of rotatable bonds is 9. The molecular weight excluding hydrogens is 466 g/mol. The lowest BCUT2D eigenvalue weighted by atomic mass is 10.2. The van der Waals surface area contributed by atoms with E-state index in [2.05, 4.69) is 15.5 Å². The van der Waals surface area contributed by atoms with E-state index in [9.17, 15) is 13.2 Å². The molecule has 4 rings (SSSR count). The highest BCUT2D eigenvalue weighted by molar-refractivity contribution is 7.99. The predicted molar refractivity (Wildman–Crippen MR) is 122 cm³/mol. The first-order valence-corrected chi connectivity index (χ1v) is 12.9. The standard InChI is InChI=1S/C21H25N5O5S2/c1-2-22-19(27)15-32-21-24-23-20(26(21)14-17-6-4-10-31-17)16-5-3-7-18(13-16)33(28,29)25-8-11-30-12-9-25/h3-7,10,13H,2,8-9,11-12,14-15H2,1H3,(H,22,27). The minimum absolute atomic E-state index is 0.102. The molecule has 1 aliphatic rings. The van der Waals surface area contributed by atoms with Crippen LogP contribution in [0, 0.1) is 0 Å². The van der Waals surface area contributed by atoms with Gasteiger partial charge in [-0.1, -0.05) is 23.9 Å². The molecule has 0 bridgehead atoms. The van der Waals surface area contributed by atoms with Gasteiger partial charge in [0.2, 0.25) is 15.9 Å². The van der Waals surface area contributed by atoms with Crippen LogP contribution >= 0.6 is 11.8 Å². The smallest absolute Gasteiger partial charge is 0.243 e. The van der Waals surface area contributed by atoms with E-state index in [4.69, 9.17) is 9.15 Å². The molecule has 176 valence electrons. The van der Waals surface area contributed by atoms with Crippen LogP contribution in [-0.2, 0) is 26.1 Å². The second kappa shape index (κ2) is 10.5. The molecule has 1 aromatic carbocycles. The van der Waals surface area contributed by atoms with Gasteiger partial charge in [0.1, 0.15) is 5.76 Å². The number of nitrogens with one attached hydrogen (secondary N) is 1. The third-order valence-corrected chi connectivity index (χ3v) is 7.88. The number of carbonyl (C=O) groups excluding carboxylic acids is 1. The first-order chi connectivity index (χ1) is 16.0. The Kier molecular flexibility index (Phi) is 7.48. The number of amides is 1. The number of sulfonamides is 1. The molecule has 1 N–H and O–H groups in total. The SMILES string of the molecule is CCNC(=O)CSc1nnc(-c2cccc(S(=O)(=O)N3CCOCC3)c2)n1Cc1ccco1. The molecule has 1 amide bonds. The highest BCUT2D eigenvalue weighted by atomic mass is 32.2. The zero-order valence-electron chi connectivity index (χ0n) is 18.1. The molecule has 0 unspecified atom stereocenters. The summed E-state index contributed by atoms with van der Waals surface area (Å²) in [5.41, 5.74) is 0.605. The van der Waals surface area contributed by atoms with Crippen molar-refractivity contribution < 1.29 is 22.4 Å². The lowest BCUT2D eigenvalue weighted by Crippen LogP contribution is -2.40. The average molecular weight is 492 g/mol. The lowest BCUT2D eigenvalue weighted by molar-refractivity contribution is -0.118. The van der Waals surface area contributed by atoms with E-state index in [1.807, 2.05) is 17.6 Å². The number of thioether (sulfide) groups is 1. The van der Waals surface area contributed by atoms with Gasteiger partial charge in [0.15, 0.2) is 11.0 Å². The fourth-order valence-electron chi connectivity index (χ4n) is 3.42. The molecule has 1 fully saturated rings. The summed E-state index contributed by atoms with van der Waals surface area (Å²) in [6.07, 6.45) is 1.58. The van der Waals surface area contributed by atoms with E-state index in [1.165, 1.54) is 16.1 Å². The number of carbonyl (C=O) groups is 1. The van der Waals surface area contributed by atoms with Gasteiger partial charge in [-0.25, -0.2) is 8.42 Å². The lowest BCUT2D eigenvalue weighted by Gasteiger charge is -2.26. The number of benzene rings is 1. The second-order valence-electron chi connectivity index (χ2n) is 7.26. The highest BCUT2D eigenvalue weighted by Crippen LogP contribution is 2.28. The summed E-state index contributed by atoms with van der Waals surface area (Å²) in [5, 5.41) is 11.9. The van der Waals surface area contributed by atoms with Gasteiger partial charge < -0.3 is 14.5 Å². The maximum Gasteiger partial charge on any atom is 0.243 e. The molecule has 0 aliphatic carbocycles. The predicted octanol–water partition coefficient (Wildman–Crippen LogP) is 1.84. The van der Waals surface area contributed by atoms with Gasteiger partial charge >= 0.3 is 0 Å². The van der Waals surface area contributed by atoms with E-state index in [1.54, 1.807) is 36.6 Å². The van der Waals surface area contributed by atoms with Gasteiger partial charge in [-0.05, 0) is 31.2 Å². The topological polar surface area (TPSA) is 120 Å². The third kappa shape index (κ3) is 5.46. The van der Waals surface area contributed by atoms with Gasteiger partial charge in [0.25, 0.3) is 0 Å². The fourth-order valence-corrected chi connectivity index (χ4v) is 5.64. The van der Waals surface area contributed by atoms with Crippen molar-refractivity contribution in [1.29, 1.82) is 0 Å². The molecule has 1 saturated heterocycles. The molecule has 3 heterocycles. The van der Waals surface area contributed by atoms with E-state index >= 15 is 0 Å². The number of hydrogen-bond donors (Lipinski definition) is 1. The van der Waals surface area contributed by atoms with Crippen molar-refractivity contribution in [1.82, 2.24) is 24.4 Å². The molecule has 33 heavy (non-hydrogen) atoms. The van der Waals surface area contributed by atoms with Gasteiger partial charge in [-0.3, -0.25) is 9.36 Å². The fraction of sp³-hybridized carbons (Fsp3) is 0.381. The summed E-state index contributed by atoms with van der Waals surface area (Å²) >= 11 is 1.26. The van der Waals surface area contributed by atoms with Gasteiger partial charge in [0, 0.05) is 25.2 Å². The van der Waals surface area contributed by atoms with Crippen LogP contribution < -0.4 is 5.32 Å². The Bertz CT molecular complexity index is 1190. The van der Waals surface area contributed by atoms with Crippen molar-refractivity contribution in [3.8, 4) is 11.4 Å². The van der Waals surface area contributed by atoms with Crippen LogP contribution in [0.25, 0.3) is 11.4 Å². The maximum atomic E-state index is 13.1. The quantitative estimate of drug-likeness (QED) is 0.450. The Balaban J connectivity index is 1.66. The van der Waals surface area contributed by atoms with Crippen molar-refractivity contribution in [2.45, 2.75) is 23.5 Å². The molecule has 0 atom stereocenters. The molecule has 0 saturated carbocycles. The van der Waals surface area contributed by atoms with Gasteiger partial charge in [0.05, 0.1) is 36.7 Å². The molecule has 10 nitrogen and oxygen atoms in total. The van der Waals surface area contributed by atoms with E-state index in [-0.39, 0.29) is 16.6 Å². The van der Waals surface area contributed by atoms with Gasteiger partial charge in [-0.15, -0.1) is 10.2 Å². The summed E-state index contributed by atoms with van der Waals surface area (Å²) < 4.78 is 40.3. The van der Waals surface area contributed by atoms with Crippen LogP contribution in [-0.4, -0.2) is 72.0 Å². The Morgan fingerprint density at radius 2 is 2.00 bits per heavy atom. The number of ether oxygens (including phenoxy) is 1. The molecular formula is C21H25N5O5S2. The van der Waals surface area contributed by atoms with Crippen molar-refractivity contribution in [2.24, 2.45) is 0 Å². The molecule has 0 spiro atoms. The number of furan rings is 1. The largest absolute Gasteiger partial charge is 0.467 e. The monoisotopic (exact) mass is 491 g/mol. The van der Waals surface area contributed by atoms with Crippen LogP contribution in [0.15, 0.2) is 57.1 Å². The van der Waals surface area contributed by atoms with Crippen molar-refractivity contribution in [3.63, 3.8) is 0 Å². The number of morpholine rings is 1. The molecule has 3 aromatic rings. The van der Waals surface area contributed by atoms with Crippen LogP contribution in [0.4, 0.5) is 0 Å². The van der Waals surface area contributed by atoms with Crippen molar-refractivity contribution >= 4 is 27.7 Å². The minimum atomic E-state index is -3.66. The molecule has 12 heteroatoms. The Morgan fingerprint density at radius 1 is 1.18 bits per heavy atom. The molecule has 0 radical (unpaired) electrons. The Morgan fingerprint density at radius 3 is 2.73 bits per heavy atom. The summed E-state index contributed by atoms with van der Waals surface area (Å²) in [6, 6.07) is 10.3. The number of nitrogens with zero attached hydrogens (tertiary/aromatic N) is 4. The zero-order chi connectivity index (χ0) is 23.3. The minimum Gasteiger partial charge on any atom is -0.467 e. The molecule has 1 aliphatic heterocycles. The maximum absolute atomic E-state index is 13.1. The zero-order valence-corrected chi connectivity index (χ0v) is 19.8. The summed E-state index contributed by atoms with van der Waals surface area (Å²) in [4.78, 5) is 12.1. The molecule has 2 aromatic heterocycles.